The molecular weight excluding hydrogens is 230 g/mol. The predicted molar refractivity (Wildman–Crippen MR) is 57.8 cm³/mol. The molecule has 2 atom stereocenters. The minimum Gasteiger partial charge on any atom is -0.458 e. The first kappa shape index (κ1) is 15.1. The zero-order valence-corrected chi connectivity index (χ0v) is 9.91. The second kappa shape index (κ2) is 7.37. The number of nitrogens with zero attached hydrogens (tertiary/aromatic N) is 1. The third-order valence-corrected chi connectivity index (χ3v) is 1.79. The first-order valence-electron chi connectivity index (χ1n) is 4.95. The van der Waals surface area contributed by atoms with Crippen LogP contribution in [0.4, 0.5) is 0 Å². The fraction of sp³-hybridized carbons (Fsp3) is 0.600. The summed E-state index contributed by atoms with van der Waals surface area (Å²) in [5.41, 5.74) is 0. The summed E-state index contributed by atoms with van der Waals surface area (Å²) in [5.74, 6) is -1.26. The van der Waals surface area contributed by atoms with Gasteiger partial charge in [-0.05, 0) is 13.0 Å². The maximum absolute atomic E-state index is 10.8. The highest BCUT2D eigenvalue weighted by Crippen LogP contribution is 2.07. The Morgan fingerprint density at radius 1 is 1.35 bits per heavy atom. The molecule has 0 aliphatic carbocycles. The van der Waals surface area contributed by atoms with E-state index >= 15 is 0 Å². The maximum atomic E-state index is 10.8. The van der Waals surface area contributed by atoms with Crippen molar-refractivity contribution in [2.45, 2.75) is 32.9 Å². The van der Waals surface area contributed by atoms with Crippen molar-refractivity contribution in [2.24, 2.45) is 0 Å². The summed E-state index contributed by atoms with van der Waals surface area (Å²) in [5, 5.41) is 10.8. The standard InChI is InChI=1S/C10H15NO6/c1-4-5-10(17-8(3)13)9(11(14)15)6-16-7(2)12/h4-5,9-10H,6H2,1-3H3/b5-4+. The molecule has 7 nitrogen and oxygen atoms in total. The Hall–Kier alpha value is -1.92. The zero-order chi connectivity index (χ0) is 13.4. The minimum absolute atomic E-state index is 0.440. The molecule has 0 saturated heterocycles. The molecule has 0 fully saturated rings. The topological polar surface area (TPSA) is 95.7 Å². The zero-order valence-electron chi connectivity index (χ0n) is 9.91. The highest BCUT2D eigenvalue weighted by atomic mass is 16.6. The van der Waals surface area contributed by atoms with Gasteiger partial charge in [-0.2, -0.15) is 0 Å². The van der Waals surface area contributed by atoms with Gasteiger partial charge in [0.15, 0.2) is 12.7 Å². The van der Waals surface area contributed by atoms with Gasteiger partial charge in [0.05, 0.1) is 0 Å². The molecule has 0 amide bonds. The number of hydrogen-bond donors (Lipinski definition) is 0. The van der Waals surface area contributed by atoms with Crippen LogP contribution in [0, 0.1) is 10.1 Å². The second-order valence-electron chi connectivity index (χ2n) is 3.26. The van der Waals surface area contributed by atoms with Gasteiger partial charge in [0.2, 0.25) is 0 Å². The molecule has 0 aromatic carbocycles. The summed E-state index contributed by atoms with van der Waals surface area (Å²) in [4.78, 5) is 31.6. The van der Waals surface area contributed by atoms with Crippen molar-refractivity contribution in [1.82, 2.24) is 0 Å². The molecule has 0 aliphatic heterocycles. The lowest BCUT2D eigenvalue weighted by molar-refractivity contribution is -0.534. The van der Waals surface area contributed by atoms with Crippen LogP contribution in [0.5, 0.6) is 0 Å². The third-order valence-electron chi connectivity index (χ3n) is 1.79. The first-order chi connectivity index (χ1) is 7.88. The smallest absolute Gasteiger partial charge is 0.303 e. The number of nitro groups is 1. The van der Waals surface area contributed by atoms with E-state index in [0.717, 1.165) is 13.8 Å². The Balaban J connectivity index is 4.75. The van der Waals surface area contributed by atoms with Crippen molar-refractivity contribution < 1.29 is 24.0 Å². The van der Waals surface area contributed by atoms with Gasteiger partial charge in [-0.3, -0.25) is 19.7 Å². The van der Waals surface area contributed by atoms with Crippen molar-refractivity contribution in [1.29, 1.82) is 0 Å². The van der Waals surface area contributed by atoms with Crippen LogP contribution in [0.1, 0.15) is 20.8 Å². The molecule has 2 unspecified atom stereocenters. The number of esters is 2. The summed E-state index contributed by atoms with van der Waals surface area (Å²) >= 11 is 0. The summed E-state index contributed by atoms with van der Waals surface area (Å²) in [6.07, 6.45) is 1.85. The van der Waals surface area contributed by atoms with Gasteiger partial charge in [0, 0.05) is 18.8 Å². The van der Waals surface area contributed by atoms with E-state index in [1.165, 1.54) is 12.2 Å². The van der Waals surface area contributed by atoms with Crippen molar-refractivity contribution in [3.8, 4) is 0 Å². The lowest BCUT2D eigenvalue weighted by atomic mass is 10.1. The second-order valence-corrected chi connectivity index (χ2v) is 3.26. The molecule has 96 valence electrons. The fourth-order valence-electron chi connectivity index (χ4n) is 1.11. The Morgan fingerprint density at radius 3 is 2.29 bits per heavy atom. The Bertz CT molecular complexity index is 325. The minimum atomic E-state index is -1.31. The average molecular weight is 245 g/mol. The Kier molecular flexibility index (Phi) is 6.54. The van der Waals surface area contributed by atoms with Crippen LogP contribution in [0.15, 0.2) is 12.2 Å². The molecule has 0 aliphatic rings. The number of rotatable bonds is 6. The highest BCUT2D eigenvalue weighted by molar-refractivity contribution is 5.66. The Morgan fingerprint density at radius 2 is 1.94 bits per heavy atom. The molecule has 0 spiro atoms. The lowest BCUT2D eigenvalue weighted by Gasteiger charge is -2.17. The van der Waals surface area contributed by atoms with E-state index in [1.807, 2.05) is 0 Å². The van der Waals surface area contributed by atoms with Gasteiger partial charge < -0.3 is 9.47 Å². The number of allylic oxidation sites excluding steroid dienone is 1. The van der Waals surface area contributed by atoms with Crippen molar-refractivity contribution >= 4 is 11.9 Å². The van der Waals surface area contributed by atoms with E-state index in [2.05, 4.69) is 4.74 Å². The van der Waals surface area contributed by atoms with Crippen LogP contribution < -0.4 is 0 Å². The SMILES string of the molecule is C/C=C/C(OC(C)=O)C(COC(C)=O)[N+](=O)[O-]. The van der Waals surface area contributed by atoms with Gasteiger partial charge >= 0.3 is 11.9 Å². The van der Waals surface area contributed by atoms with E-state index in [1.54, 1.807) is 6.92 Å². The van der Waals surface area contributed by atoms with E-state index in [-0.39, 0.29) is 0 Å². The quantitative estimate of drug-likeness (QED) is 0.296. The van der Waals surface area contributed by atoms with Crippen LogP contribution in [0.3, 0.4) is 0 Å². The molecule has 0 bridgehead atoms. The summed E-state index contributed by atoms with van der Waals surface area (Å²) in [7, 11) is 0. The average Bonchev–Trinajstić information content (AvgIpc) is 2.16. The largest absolute Gasteiger partial charge is 0.458 e. The molecule has 7 heteroatoms. The van der Waals surface area contributed by atoms with Crippen LogP contribution in [-0.2, 0) is 19.1 Å². The number of carbonyl (C=O) groups is 2. The van der Waals surface area contributed by atoms with Crippen LogP contribution in [0.25, 0.3) is 0 Å². The van der Waals surface area contributed by atoms with Crippen molar-refractivity contribution in [3.63, 3.8) is 0 Å². The lowest BCUT2D eigenvalue weighted by Crippen LogP contribution is -2.39. The monoisotopic (exact) mass is 245 g/mol. The van der Waals surface area contributed by atoms with Gasteiger partial charge in [0.1, 0.15) is 0 Å². The fourth-order valence-corrected chi connectivity index (χ4v) is 1.11. The molecule has 0 heterocycles. The van der Waals surface area contributed by atoms with E-state index in [9.17, 15) is 19.7 Å². The molecule has 0 N–H and O–H groups in total. The van der Waals surface area contributed by atoms with Gasteiger partial charge in [-0.15, -0.1) is 0 Å². The molecule has 0 rings (SSSR count). The van der Waals surface area contributed by atoms with E-state index in [4.69, 9.17) is 4.74 Å². The summed E-state index contributed by atoms with van der Waals surface area (Å²) < 4.78 is 9.36. The normalized spacial score (nSPS) is 14.1. The molecule has 0 saturated carbocycles. The summed E-state index contributed by atoms with van der Waals surface area (Å²) in [6.45, 7) is 3.50. The maximum Gasteiger partial charge on any atom is 0.303 e. The molecule has 0 radical (unpaired) electrons. The van der Waals surface area contributed by atoms with Crippen molar-refractivity contribution in [3.05, 3.63) is 22.3 Å². The van der Waals surface area contributed by atoms with E-state index in [0.29, 0.717) is 0 Å². The number of ether oxygens (including phenoxy) is 2. The van der Waals surface area contributed by atoms with Gasteiger partial charge in [-0.1, -0.05) is 6.08 Å². The predicted octanol–water partition coefficient (Wildman–Crippen LogP) is 0.703. The Labute approximate surface area is 98.5 Å². The third kappa shape index (κ3) is 6.29. The van der Waals surface area contributed by atoms with Crippen LogP contribution in [0.2, 0.25) is 0 Å². The van der Waals surface area contributed by atoms with E-state index < -0.39 is 35.6 Å². The molecule has 0 aromatic heterocycles. The first-order valence-corrected chi connectivity index (χ1v) is 4.95. The highest BCUT2D eigenvalue weighted by Gasteiger charge is 2.33. The number of carbonyl (C=O) groups excluding carboxylic acids is 2. The number of hydrogen-bond acceptors (Lipinski definition) is 6. The van der Waals surface area contributed by atoms with Crippen LogP contribution >= 0.6 is 0 Å². The summed E-state index contributed by atoms with van der Waals surface area (Å²) in [6, 6.07) is -1.31. The molecule has 0 aromatic rings. The molecular formula is C10H15NO6. The van der Waals surface area contributed by atoms with Gasteiger partial charge in [-0.25, -0.2) is 0 Å². The molecule has 17 heavy (non-hydrogen) atoms. The van der Waals surface area contributed by atoms with Crippen LogP contribution in [-0.4, -0.2) is 35.6 Å². The van der Waals surface area contributed by atoms with Crippen molar-refractivity contribution in [2.75, 3.05) is 6.61 Å². The van der Waals surface area contributed by atoms with Gasteiger partial charge in [0.25, 0.3) is 6.04 Å².